The fraction of sp³-hybridized carbons (Fsp3) is 0.562. The molecule has 4 heteroatoms. The molecule has 20 heavy (non-hydrogen) atoms. The number of hydrogen-bond acceptors (Lipinski definition) is 4. The molecule has 1 aliphatic heterocycles. The van der Waals surface area contributed by atoms with Crippen LogP contribution in [0.1, 0.15) is 18.0 Å². The van der Waals surface area contributed by atoms with E-state index < -0.39 is 0 Å². The molecule has 1 aromatic rings. The maximum atomic E-state index is 9.04. The maximum absolute atomic E-state index is 9.04. The quantitative estimate of drug-likeness (QED) is 0.881. The zero-order valence-corrected chi connectivity index (χ0v) is 12.4. The third-order valence-electron chi connectivity index (χ3n) is 4.09. The molecule has 108 valence electrons. The summed E-state index contributed by atoms with van der Waals surface area (Å²) in [7, 11) is 4.03. The minimum atomic E-state index is -0.0499. The molecule has 2 atom stereocenters. The summed E-state index contributed by atoms with van der Waals surface area (Å²) in [5.41, 5.74) is 1.37. The molecule has 1 aromatic carbocycles. The molecule has 0 radical (unpaired) electrons. The molecule has 0 aliphatic carbocycles. The minimum absolute atomic E-state index is 0.0499. The number of rotatable bonds is 5. The summed E-state index contributed by atoms with van der Waals surface area (Å²) >= 11 is 0. The molecule has 1 heterocycles. The van der Waals surface area contributed by atoms with Gasteiger partial charge in [0.15, 0.2) is 0 Å². The van der Waals surface area contributed by atoms with Crippen molar-refractivity contribution >= 4 is 0 Å². The van der Waals surface area contributed by atoms with E-state index in [1.807, 2.05) is 7.05 Å². The number of benzene rings is 1. The lowest BCUT2D eigenvalue weighted by molar-refractivity contribution is 0.0875. The Kier molecular flexibility index (Phi) is 5.54. The SMILES string of the molecule is CNC(C#N)CCN1CCN(C)CC1c1ccccc1. The number of nitrogens with zero attached hydrogens (tertiary/aromatic N) is 3. The second-order valence-electron chi connectivity index (χ2n) is 5.48. The van der Waals surface area contributed by atoms with Gasteiger partial charge in [0.25, 0.3) is 0 Å². The van der Waals surface area contributed by atoms with E-state index in [0.717, 1.165) is 32.6 Å². The van der Waals surface area contributed by atoms with Gasteiger partial charge in [-0.25, -0.2) is 0 Å². The van der Waals surface area contributed by atoms with Crippen LogP contribution in [0.25, 0.3) is 0 Å². The first kappa shape index (κ1) is 15.0. The number of hydrogen-bond donors (Lipinski definition) is 1. The van der Waals surface area contributed by atoms with Crippen LogP contribution in [0, 0.1) is 11.3 Å². The van der Waals surface area contributed by atoms with E-state index in [9.17, 15) is 0 Å². The average molecular weight is 272 g/mol. The predicted octanol–water partition coefficient (Wildman–Crippen LogP) is 1.48. The van der Waals surface area contributed by atoms with Gasteiger partial charge in [-0.05, 0) is 26.1 Å². The third kappa shape index (κ3) is 3.80. The summed E-state index contributed by atoms with van der Waals surface area (Å²) in [6.45, 7) is 4.19. The molecule has 1 N–H and O–H groups in total. The molecule has 0 amide bonds. The monoisotopic (exact) mass is 272 g/mol. The Hall–Kier alpha value is -1.41. The molecule has 0 saturated carbocycles. The molecule has 1 fully saturated rings. The summed E-state index contributed by atoms with van der Waals surface area (Å²) < 4.78 is 0. The lowest BCUT2D eigenvalue weighted by Crippen LogP contribution is -2.47. The highest BCUT2D eigenvalue weighted by molar-refractivity contribution is 5.20. The highest BCUT2D eigenvalue weighted by Crippen LogP contribution is 2.24. The van der Waals surface area contributed by atoms with E-state index in [1.165, 1.54) is 5.56 Å². The van der Waals surface area contributed by atoms with Crippen molar-refractivity contribution in [3.8, 4) is 6.07 Å². The summed E-state index contributed by atoms with van der Waals surface area (Å²) in [6.07, 6.45) is 0.875. The average Bonchev–Trinajstić information content (AvgIpc) is 2.50. The number of likely N-dealkylation sites (N-methyl/N-ethyl adjacent to an activating group) is 1. The Morgan fingerprint density at radius 3 is 2.75 bits per heavy atom. The van der Waals surface area contributed by atoms with Crippen LogP contribution in [-0.2, 0) is 0 Å². The Bertz CT molecular complexity index is 440. The van der Waals surface area contributed by atoms with Gasteiger partial charge in [-0.15, -0.1) is 0 Å². The molecule has 0 bridgehead atoms. The summed E-state index contributed by atoms with van der Waals surface area (Å²) in [5, 5.41) is 12.1. The predicted molar refractivity (Wildman–Crippen MR) is 81.3 cm³/mol. The fourth-order valence-electron chi connectivity index (χ4n) is 2.78. The maximum Gasteiger partial charge on any atom is 0.0962 e. The number of nitriles is 1. The van der Waals surface area contributed by atoms with Gasteiger partial charge in [0.05, 0.1) is 12.1 Å². The Morgan fingerprint density at radius 2 is 2.10 bits per heavy atom. The Labute approximate surface area is 122 Å². The first-order chi connectivity index (χ1) is 9.74. The van der Waals surface area contributed by atoms with Crippen molar-refractivity contribution in [1.29, 1.82) is 5.26 Å². The van der Waals surface area contributed by atoms with Gasteiger partial charge in [-0.2, -0.15) is 5.26 Å². The van der Waals surface area contributed by atoms with Gasteiger partial charge < -0.3 is 10.2 Å². The normalized spacial score (nSPS) is 22.4. The van der Waals surface area contributed by atoms with Crippen molar-refractivity contribution in [1.82, 2.24) is 15.1 Å². The summed E-state index contributed by atoms with van der Waals surface area (Å²) in [4.78, 5) is 4.89. The first-order valence-corrected chi connectivity index (χ1v) is 7.29. The van der Waals surface area contributed by atoms with Crippen molar-refractivity contribution in [3.63, 3.8) is 0 Å². The van der Waals surface area contributed by atoms with Gasteiger partial charge >= 0.3 is 0 Å². The minimum Gasteiger partial charge on any atom is -0.305 e. The molecular weight excluding hydrogens is 248 g/mol. The fourth-order valence-corrected chi connectivity index (χ4v) is 2.78. The van der Waals surface area contributed by atoms with E-state index in [4.69, 9.17) is 5.26 Å². The van der Waals surface area contributed by atoms with Crippen LogP contribution in [0.5, 0.6) is 0 Å². The lowest BCUT2D eigenvalue weighted by Gasteiger charge is -2.40. The Morgan fingerprint density at radius 1 is 1.35 bits per heavy atom. The molecule has 1 saturated heterocycles. The molecule has 2 rings (SSSR count). The Balaban J connectivity index is 2.03. The van der Waals surface area contributed by atoms with Gasteiger partial charge in [0.2, 0.25) is 0 Å². The van der Waals surface area contributed by atoms with Gasteiger partial charge in [0.1, 0.15) is 0 Å². The summed E-state index contributed by atoms with van der Waals surface area (Å²) in [5.74, 6) is 0. The van der Waals surface area contributed by atoms with E-state index in [2.05, 4.69) is 58.6 Å². The van der Waals surface area contributed by atoms with Crippen molar-refractivity contribution in [2.24, 2.45) is 0 Å². The number of nitrogens with one attached hydrogen (secondary N) is 1. The third-order valence-corrected chi connectivity index (χ3v) is 4.09. The van der Waals surface area contributed by atoms with Crippen LogP contribution in [-0.4, -0.2) is 56.1 Å². The molecule has 0 aromatic heterocycles. The largest absolute Gasteiger partial charge is 0.305 e. The van der Waals surface area contributed by atoms with Crippen molar-refractivity contribution in [2.45, 2.75) is 18.5 Å². The zero-order valence-electron chi connectivity index (χ0n) is 12.4. The van der Waals surface area contributed by atoms with E-state index in [1.54, 1.807) is 0 Å². The van der Waals surface area contributed by atoms with Gasteiger partial charge in [0, 0.05) is 32.2 Å². The number of piperazine rings is 1. The molecular formula is C16H24N4. The smallest absolute Gasteiger partial charge is 0.0962 e. The summed E-state index contributed by atoms with van der Waals surface area (Å²) in [6, 6.07) is 13.4. The van der Waals surface area contributed by atoms with Crippen LogP contribution in [0.2, 0.25) is 0 Å². The van der Waals surface area contributed by atoms with E-state index in [0.29, 0.717) is 6.04 Å². The van der Waals surface area contributed by atoms with Crippen LogP contribution in [0.4, 0.5) is 0 Å². The second-order valence-corrected chi connectivity index (χ2v) is 5.48. The molecule has 4 nitrogen and oxygen atoms in total. The van der Waals surface area contributed by atoms with Crippen molar-refractivity contribution in [3.05, 3.63) is 35.9 Å². The molecule has 2 unspecified atom stereocenters. The lowest BCUT2D eigenvalue weighted by atomic mass is 10.0. The zero-order chi connectivity index (χ0) is 14.4. The van der Waals surface area contributed by atoms with Crippen LogP contribution < -0.4 is 5.32 Å². The van der Waals surface area contributed by atoms with Gasteiger partial charge in [-0.1, -0.05) is 30.3 Å². The van der Waals surface area contributed by atoms with Crippen LogP contribution in [0.3, 0.4) is 0 Å². The van der Waals surface area contributed by atoms with Crippen molar-refractivity contribution in [2.75, 3.05) is 40.3 Å². The van der Waals surface area contributed by atoms with Crippen LogP contribution in [0.15, 0.2) is 30.3 Å². The van der Waals surface area contributed by atoms with Crippen molar-refractivity contribution < 1.29 is 0 Å². The first-order valence-electron chi connectivity index (χ1n) is 7.29. The molecule has 0 spiro atoms. The standard InChI is InChI=1S/C16H24N4/c1-18-15(12-17)8-9-20-11-10-19(2)13-16(20)14-6-4-3-5-7-14/h3-7,15-16,18H,8-11,13H2,1-2H3. The van der Waals surface area contributed by atoms with E-state index >= 15 is 0 Å². The van der Waals surface area contributed by atoms with E-state index in [-0.39, 0.29) is 6.04 Å². The second kappa shape index (κ2) is 7.39. The highest BCUT2D eigenvalue weighted by atomic mass is 15.3. The topological polar surface area (TPSA) is 42.3 Å². The van der Waals surface area contributed by atoms with Gasteiger partial charge in [-0.3, -0.25) is 4.90 Å². The van der Waals surface area contributed by atoms with Crippen LogP contribution >= 0.6 is 0 Å². The molecule has 1 aliphatic rings. The highest BCUT2D eigenvalue weighted by Gasteiger charge is 2.26.